The summed E-state index contributed by atoms with van der Waals surface area (Å²) in [6.07, 6.45) is 1.63. The van der Waals surface area contributed by atoms with Gasteiger partial charge in [-0.05, 0) is 61.4 Å². The molecule has 0 atom stereocenters. The van der Waals surface area contributed by atoms with Crippen molar-refractivity contribution in [3.05, 3.63) is 54.1 Å². The highest BCUT2D eigenvalue weighted by atomic mass is 16.2. The van der Waals surface area contributed by atoms with Gasteiger partial charge in [0.15, 0.2) is 0 Å². The van der Waals surface area contributed by atoms with Crippen LogP contribution in [0.25, 0.3) is 0 Å². The zero-order chi connectivity index (χ0) is 19.1. The van der Waals surface area contributed by atoms with Crippen molar-refractivity contribution in [2.24, 2.45) is 5.92 Å². The molecule has 0 fully saturated rings. The molecular weight excluding hydrogens is 326 g/mol. The SMILES string of the molecule is CCC(CC)C(=O)Nc1ccc(C(=O)Nc2ccc(N(C)C)cc2)cc1. The van der Waals surface area contributed by atoms with Crippen LogP contribution in [-0.2, 0) is 4.79 Å². The van der Waals surface area contributed by atoms with Crippen LogP contribution in [0.1, 0.15) is 37.0 Å². The third kappa shape index (κ3) is 5.09. The molecule has 2 aromatic rings. The summed E-state index contributed by atoms with van der Waals surface area (Å²) in [6.45, 7) is 4.01. The highest BCUT2D eigenvalue weighted by Gasteiger charge is 2.14. The smallest absolute Gasteiger partial charge is 0.255 e. The van der Waals surface area contributed by atoms with Crippen molar-refractivity contribution in [1.82, 2.24) is 0 Å². The van der Waals surface area contributed by atoms with Gasteiger partial charge in [-0.1, -0.05) is 13.8 Å². The minimum Gasteiger partial charge on any atom is -0.378 e. The fraction of sp³-hybridized carbons (Fsp3) is 0.333. The van der Waals surface area contributed by atoms with Crippen molar-refractivity contribution in [3.63, 3.8) is 0 Å². The van der Waals surface area contributed by atoms with Gasteiger partial charge in [0.05, 0.1) is 0 Å². The summed E-state index contributed by atoms with van der Waals surface area (Å²) >= 11 is 0. The summed E-state index contributed by atoms with van der Waals surface area (Å²) in [5.41, 5.74) is 3.06. The van der Waals surface area contributed by atoms with Gasteiger partial charge in [-0.25, -0.2) is 0 Å². The Morgan fingerprint density at radius 3 is 1.85 bits per heavy atom. The average Bonchev–Trinajstić information content (AvgIpc) is 2.63. The van der Waals surface area contributed by atoms with Crippen LogP contribution in [0.15, 0.2) is 48.5 Å². The zero-order valence-electron chi connectivity index (χ0n) is 15.9. The second-order valence-electron chi connectivity index (χ2n) is 6.48. The molecule has 26 heavy (non-hydrogen) atoms. The minimum absolute atomic E-state index is 0.0168. The van der Waals surface area contributed by atoms with Gasteiger partial charge in [0.1, 0.15) is 0 Å². The third-order valence-electron chi connectivity index (χ3n) is 4.41. The van der Waals surface area contributed by atoms with E-state index in [4.69, 9.17) is 0 Å². The summed E-state index contributed by atoms with van der Waals surface area (Å²) in [6, 6.07) is 14.6. The molecule has 0 spiro atoms. The lowest BCUT2D eigenvalue weighted by atomic mass is 10.0. The van der Waals surface area contributed by atoms with E-state index < -0.39 is 0 Å². The van der Waals surface area contributed by atoms with E-state index >= 15 is 0 Å². The van der Waals surface area contributed by atoms with Crippen LogP contribution in [0.2, 0.25) is 0 Å². The molecule has 2 N–H and O–H groups in total. The maximum Gasteiger partial charge on any atom is 0.255 e. The van der Waals surface area contributed by atoms with Crippen LogP contribution in [0, 0.1) is 5.92 Å². The predicted octanol–water partition coefficient (Wildman–Crippen LogP) is 4.38. The standard InChI is InChI=1S/C21H27N3O2/c1-5-15(6-2)20(25)22-17-9-7-16(8-10-17)21(26)23-18-11-13-19(14-12-18)24(3)4/h7-15H,5-6H2,1-4H3,(H,22,25)(H,23,26). The van der Waals surface area contributed by atoms with Crippen LogP contribution < -0.4 is 15.5 Å². The van der Waals surface area contributed by atoms with E-state index in [-0.39, 0.29) is 17.7 Å². The van der Waals surface area contributed by atoms with Crippen LogP contribution in [0.4, 0.5) is 17.1 Å². The Labute approximate surface area is 155 Å². The fourth-order valence-corrected chi connectivity index (χ4v) is 2.65. The van der Waals surface area contributed by atoms with Crippen molar-refractivity contribution in [2.75, 3.05) is 29.6 Å². The third-order valence-corrected chi connectivity index (χ3v) is 4.41. The lowest BCUT2D eigenvalue weighted by molar-refractivity contribution is -0.120. The summed E-state index contributed by atoms with van der Waals surface area (Å²) in [4.78, 5) is 26.5. The highest BCUT2D eigenvalue weighted by molar-refractivity contribution is 6.04. The van der Waals surface area contributed by atoms with Crippen molar-refractivity contribution >= 4 is 28.9 Å². The first-order valence-corrected chi connectivity index (χ1v) is 8.94. The number of nitrogens with zero attached hydrogens (tertiary/aromatic N) is 1. The minimum atomic E-state index is -0.180. The number of benzene rings is 2. The first-order valence-electron chi connectivity index (χ1n) is 8.94. The van der Waals surface area contributed by atoms with E-state index in [2.05, 4.69) is 10.6 Å². The molecule has 2 amide bonds. The lowest BCUT2D eigenvalue weighted by Gasteiger charge is -2.14. The maximum absolute atomic E-state index is 12.4. The molecule has 138 valence electrons. The molecule has 2 rings (SSSR count). The number of rotatable bonds is 7. The number of hydrogen-bond acceptors (Lipinski definition) is 3. The monoisotopic (exact) mass is 353 g/mol. The molecule has 5 nitrogen and oxygen atoms in total. The first-order chi connectivity index (χ1) is 12.4. The summed E-state index contributed by atoms with van der Waals surface area (Å²) < 4.78 is 0. The summed E-state index contributed by atoms with van der Waals surface area (Å²) in [5.74, 6) is -0.142. The van der Waals surface area contributed by atoms with E-state index in [1.807, 2.05) is 57.1 Å². The van der Waals surface area contributed by atoms with Gasteiger partial charge in [0.25, 0.3) is 5.91 Å². The topological polar surface area (TPSA) is 61.4 Å². The van der Waals surface area contributed by atoms with Crippen molar-refractivity contribution in [2.45, 2.75) is 26.7 Å². The molecule has 0 radical (unpaired) electrons. The molecule has 0 saturated carbocycles. The maximum atomic E-state index is 12.4. The molecule has 0 heterocycles. The van der Waals surface area contributed by atoms with Crippen LogP contribution >= 0.6 is 0 Å². The van der Waals surface area contributed by atoms with Crippen molar-refractivity contribution < 1.29 is 9.59 Å². The molecule has 0 saturated heterocycles. The van der Waals surface area contributed by atoms with Crippen LogP contribution in [-0.4, -0.2) is 25.9 Å². The average molecular weight is 353 g/mol. The van der Waals surface area contributed by atoms with E-state index in [0.29, 0.717) is 11.3 Å². The predicted molar refractivity (Wildman–Crippen MR) is 108 cm³/mol. The molecule has 0 aliphatic carbocycles. The van der Waals surface area contributed by atoms with Crippen molar-refractivity contribution in [3.8, 4) is 0 Å². The molecule has 2 aromatic carbocycles. The largest absolute Gasteiger partial charge is 0.378 e. The Morgan fingerprint density at radius 1 is 0.846 bits per heavy atom. The quantitative estimate of drug-likeness (QED) is 0.776. The van der Waals surface area contributed by atoms with E-state index in [0.717, 1.165) is 24.2 Å². The Balaban J connectivity index is 1.98. The summed E-state index contributed by atoms with van der Waals surface area (Å²) in [5, 5.41) is 5.78. The molecule has 0 aliphatic rings. The van der Waals surface area contributed by atoms with Crippen molar-refractivity contribution in [1.29, 1.82) is 0 Å². The number of carbonyl (C=O) groups is 2. The van der Waals surface area contributed by atoms with E-state index in [9.17, 15) is 9.59 Å². The number of anilines is 3. The van der Waals surface area contributed by atoms with Gasteiger partial charge in [-0.2, -0.15) is 0 Å². The Hall–Kier alpha value is -2.82. The molecule has 0 aliphatic heterocycles. The van der Waals surface area contributed by atoms with Crippen LogP contribution in [0.3, 0.4) is 0 Å². The molecular formula is C21H27N3O2. The summed E-state index contributed by atoms with van der Waals surface area (Å²) in [7, 11) is 3.94. The molecule has 0 bridgehead atoms. The fourth-order valence-electron chi connectivity index (χ4n) is 2.65. The molecule has 5 heteroatoms. The normalized spacial score (nSPS) is 10.5. The van der Waals surface area contributed by atoms with Gasteiger partial charge in [0, 0.05) is 42.6 Å². The van der Waals surface area contributed by atoms with Gasteiger partial charge in [0.2, 0.25) is 5.91 Å². The Bertz CT molecular complexity index is 733. The Kier molecular flexibility index (Phi) is 6.78. The lowest BCUT2D eigenvalue weighted by Crippen LogP contribution is -2.21. The van der Waals surface area contributed by atoms with Gasteiger partial charge < -0.3 is 15.5 Å². The van der Waals surface area contributed by atoms with Crippen LogP contribution in [0.5, 0.6) is 0 Å². The number of carbonyl (C=O) groups excluding carboxylic acids is 2. The van der Waals surface area contributed by atoms with Gasteiger partial charge >= 0.3 is 0 Å². The van der Waals surface area contributed by atoms with Gasteiger partial charge in [-0.3, -0.25) is 9.59 Å². The number of amides is 2. The number of nitrogens with one attached hydrogen (secondary N) is 2. The highest BCUT2D eigenvalue weighted by Crippen LogP contribution is 2.18. The Morgan fingerprint density at radius 2 is 1.35 bits per heavy atom. The van der Waals surface area contributed by atoms with E-state index in [1.165, 1.54) is 0 Å². The van der Waals surface area contributed by atoms with E-state index in [1.54, 1.807) is 24.3 Å². The zero-order valence-corrected chi connectivity index (χ0v) is 15.9. The molecule has 0 unspecified atom stereocenters. The molecule has 0 aromatic heterocycles. The second kappa shape index (κ2) is 9.04. The second-order valence-corrected chi connectivity index (χ2v) is 6.48. The first kappa shape index (κ1) is 19.5. The number of hydrogen-bond donors (Lipinski definition) is 2. The van der Waals surface area contributed by atoms with Gasteiger partial charge in [-0.15, -0.1) is 0 Å².